The molecule has 0 saturated carbocycles. The number of sulfonamides is 1. The van der Waals surface area contributed by atoms with Gasteiger partial charge in [0.05, 0.1) is 18.0 Å². The molecule has 0 saturated heterocycles. The maximum Gasteiger partial charge on any atom is 0.241 e. The Morgan fingerprint density at radius 1 is 1.45 bits per heavy atom. The quantitative estimate of drug-likeness (QED) is 0.852. The number of aliphatic hydroxyl groups excluding tert-OH is 1. The van der Waals surface area contributed by atoms with Crippen LogP contribution in [0.5, 0.6) is 0 Å². The lowest BCUT2D eigenvalue weighted by Gasteiger charge is -2.07. The molecule has 1 heterocycles. The number of aryl methyl sites for hydroxylation is 1. The van der Waals surface area contributed by atoms with Crippen LogP contribution in [0.3, 0.4) is 0 Å². The molecule has 0 radical (unpaired) electrons. The van der Waals surface area contributed by atoms with Crippen molar-refractivity contribution >= 4 is 21.6 Å². The van der Waals surface area contributed by atoms with Gasteiger partial charge in [0, 0.05) is 5.02 Å². The minimum Gasteiger partial charge on any atom is -0.392 e. The van der Waals surface area contributed by atoms with Gasteiger partial charge in [-0.3, -0.25) is 0 Å². The SMILES string of the molecule is Cc1noc(CNS(=O)(=O)c2ccc(Cl)c(CO)c2)n1. The number of rotatable bonds is 5. The van der Waals surface area contributed by atoms with E-state index in [-0.39, 0.29) is 23.9 Å². The Morgan fingerprint density at radius 2 is 2.20 bits per heavy atom. The van der Waals surface area contributed by atoms with Crippen LogP contribution in [0.4, 0.5) is 0 Å². The first-order valence-electron chi connectivity index (χ1n) is 5.60. The molecule has 9 heteroatoms. The van der Waals surface area contributed by atoms with E-state index >= 15 is 0 Å². The van der Waals surface area contributed by atoms with E-state index in [1.165, 1.54) is 18.2 Å². The Labute approximate surface area is 120 Å². The molecule has 7 nitrogen and oxygen atoms in total. The van der Waals surface area contributed by atoms with Gasteiger partial charge in [-0.2, -0.15) is 4.98 Å². The molecule has 20 heavy (non-hydrogen) atoms. The third-order valence-electron chi connectivity index (χ3n) is 2.48. The van der Waals surface area contributed by atoms with Crippen molar-refractivity contribution in [2.24, 2.45) is 0 Å². The Hall–Kier alpha value is -1.48. The second kappa shape index (κ2) is 5.88. The van der Waals surface area contributed by atoms with E-state index in [0.29, 0.717) is 16.4 Å². The van der Waals surface area contributed by atoms with Crippen LogP contribution in [0.2, 0.25) is 5.02 Å². The summed E-state index contributed by atoms with van der Waals surface area (Å²) in [4.78, 5) is 3.89. The predicted octanol–water partition coefficient (Wildman–Crippen LogP) is 1.00. The molecule has 0 amide bonds. The highest BCUT2D eigenvalue weighted by molar-refractivity contribution is 7.89. The Bertz CT molecular complexity index is 714. The van der Waals surface area contributed by atoms with Crippen molar-refractivity contribution in [3.05, 3.63) is 40.5 Å². The molecule has 108 valence electrons. The monoisotopic (exact) mass is 317 g/mol. The number of hydrogen-bond donors (Lipinski definition) is 2. The van der Waals surface area contributed by atoms with Crippen molar-refractivity contribution in [2.45, 2.75) is 25.0 Å². The van der Waals surface area contributed by atoms with Gasteiger partial charge >= 0.3 is 0 Å². The molecule has 0 unspecified atom stereocenters. The summed E-state index contributed by atoms with van der Waals surface area (Å²) in [5, 5.41) is 12.9. The van der Waals surface area contributed by atoms with Crippen LogP contribution >= 0.6 is 11.6 Å². The number of aliphatic hydroxyl groups is 1. The third-order valence-corrected chi connectivity index (χ3v) is 4.25. The Balaban J connectivity index is 2.17. The molecule has 1 aromatic heterocycles. The molecule has 0 aliphatic heterocycles. The number of nitrogens with one attached hydrogen (secondary N) is 1. The molecule has 2 aromatic rings. The zero-order valence-corrected chi connectivity index (χ0v) is 12.1. The minimum atomic E-state index is -3.75. The molecule has 0 bridgehead atoms. The van der Waals surface area contributed by atoms with Gasteiger partial charge in [-0.25, -0.2) is 13.1 Å². The van der Waals surface area contributed by atoms with E-state index in [9.17, 15) is 8.42 Å². The fourth-order valence-corrected chi connectivity index (χ4v) is 2.69. The second-order valence-corrected chi connectivity index (χ2v) is 6.15. The maximum absolute atomic E-state index is 12.1. The van der Waals surface area contributed by atoms with Crippen molar-refractivity contribution in [1.29, 1.82) is 0 Å². The van der Waals surface area contributed by atoms with Gasteiger partial charge in [-0.05, 0) is 30.7 Å². The van der Waals surface area contributed by atoms with Gasteiger partial charge in [-0.15, -0.1) is 0 Å². The molecule has 0 atom stereocenters. The van der Waals surface area contributed by atoms with Gasteiger partial charge < -0.3 is 9.63 Å². The molecular weight excluding hydrogens is 306 g/mol. The van der Waals surface area contributed by atoms with E-state index in [0.717, 1.165) is 0 Å². The Kier molecular flexibility index (Phi) is 4.39. The number of nitrogens with zero attached hydrogens (tertiary/aromatic N) is 2. The fraction of sp³-hybridized carbons (Fsp3) is 0.273. The normalized spacial score (nSPS) is 11.8. The number of aromatic nitrogens is 2. The van der Waals surface area contributed by atoms with Crippen LogP contribution in [0.15, 0.2) is 27.6 Å². The van der Waals surface area contributed by atoms with Crippen LogP contribution in [0.1, 0.15) is 17.3 Å². The molecule has 2 rings (SSSR count). The third kappa shape index (κ3) is 3.34. The van der Waals surface area contributed by atoms with Gasteiger partial charge in [-0.1, -0.05) is 16.8 Å². The van der Waals surface area contributed by atoms with Gasteiger partial charge in [0.15, 0.2) is 5.82 Å². The summed E-state index contributed by atoms with van der Waals surface area (Å²) in [5.74, 6) is 0.593. The lowest BCUT2D eigenvalue weighted by atomic mass is 10.2. The summed E-state index contributed by atoms with van der Waals surface area (Å²) in [6.45, 7) is 1.18. The highest BCUT2D eigenvalue weighted by Gasteiger charge is 2.17. The van der Waals surface area contributed by atoms with Crippen LogP contribution in [-0.4, -0.2) is 23.7 Å². The number of benzene rings is 1. The molecule has 0 spiro atoms. The topological polar surface area (TPSA) is 105 Å². The van der Waals surface area contributed by atoms with Crippen molar-refractivity contribution in [1.82, 2.24) is 14.9 Å². The largest absolute Gasteiger partial charge is 0.392 e. The summed E-state index contributed by atoms with van der Waals surface area (Å²) in [6, 6.07) is 4.07. The Morgan fingerprint density at radius 3 is 2.80 bits per heavy atom. The summed E-state index contributed by atoms with van der Waals surface area (Å²) in [6.07, 6.45) is 0. The average molecular weight is 318 g/mol. The van der Waals surface area contributed by atoms with E-state index in [1.807, 2.05) is 0 Å². The highest BCUT2D eigenvalue weighted by Crippen LogP contribution is 2.20. The predicted molar refractivity (Wildman–Crippen MR) is 70.4 cm³/mol. The molecule has 0 aliphatic rings. The lowest BCUT2D eigenvalue weighted by Crippen LogP contribution is -2.23. The first-order chi connectivity index (χ1) is 9.42. The van der Waals surface area contributed by atoms with Crippen molar-refractivity contribution < 1.29 is 18.0 Å². The van der Waals surface area contributed by atoms with Crippen molar-refractivity contribution in [3.63, 3.8) is 0 Å². The van der Waals surface area contributed by atoms with E-state index in [2.05, 4.69) is 14.9 Å². The van der Waals surface area contributed by atoms with Crippen molar-refractivity contribution in [2.75, 3.05) is 0 Å². The highest BCUT2D eigenvalue weighted by atomic mass is 35.5. The summed E-state index contributed by atoms with van der Waals surface area (Å²) >= 11 is 5.81. The lowest BCUT2D eigenvalue weighted by molar-refractivity contribution is 0.281. The van der Waals surface area contributed by atoms with Crippen LogP contribution in [-0.2, 0) is 23.2 Å². The summed E-state index contributed by atoms with van der Waals surface area (Å²) in [5.41, 5.74) is 0.336. The van der Waals surface area contributed by atoms with E-state index in [4.69, 9.17) is 21.2 Å². The zero-order chi connectivity index (χ0) is 14.8. The maximum atomic E-state index is 12.1. The number of hydrogen-bond acceptors (Lipinski definition) is 6. The van der Waals surface area contributed by atoms with Gasteiger partial charge in [0.2, 0.25) is 15.9 Å². The zero-order valence-electron chi connectivity index (χ0n) is 10.5. The minimum absolute atomic E-state index is 0.00203. The van der Waals surface area contributed by atoms with E-state index in [1.54, 1.807) is 6.92 Å². The molecule has 0 fully saturated rings. The standard InChI is InChI=1S/C11H12ClN3O4S/c1-7-14-11(19-15-7)5-13-20(17,18)9-2-3-10(12)8(4-9)6-16/h2-4,13,16H,5-6H2,1H3. The fourth-order valence-electron chi connectivity index (χ4n) is 1.49. The second-order valence-electron chi connectivity index (χ2n) is 3.97. The first-order valence-corrected chi connectivity index (χ1v) is 7.46. The molecular formula is C11H12ClN3O4S. The number of halogens is 1. The van der Waals surface area contributed by atoms with Gasteiger partial charge in [0.25, 0.3) is 0 Å². The first kappa shape index (κ1) is 14.9. The summed E-state index contributed by atoms with van der Waals surface area (Å²) in [7, 11) is -3.75. The molecule has 2 N–H and O–H groups in total. The van der Waals surface area contributed by atoms with Crippen LogP contribution in [0.25, 0.3) is 0 Å². The van der Waals surface area contributed by atoms with Crippen molar-refractivity contribution in [3.8, 4) is 0 Å². The molecule has 0 aliphatic carbocycles. The smallest absolute Gasteiger partial charge is 0.241 e. The average Bonchev–Trinajstić information content (AvgIpc) is 2.83. The van der Waals surface area contributed by atoms with Crippen LogP contribution < -0.4 is 4.72 Å². The summed E-state index contributed by atoms with van der Waals surface area (Å²) < 4.78 is 31.3. The van der Waals surface area contributed by atoms with Gasteiger partial charge in [0.1, 0.15) is 0 Å². The molecule has 1 aromatic carbocycles. The van der Waals surface area contributed by atoms with Crippen LogP contribution in [0, 0.1) is 6.92 Å². The van der Waals surface area contributed by atoms with E-state index < -0.39 is 10.0 Å².